The van der Waals surface area contributed by atoms with Crippen molar-refractivity contribution in [3.05, 3.63) is 64.2 Å². The Morgan fingerprint density at radius 1 is 1.11 bits per heavy atom. The van der Waals surface area contributed by atoms with Crippen molar-refractivity contribution in [1.82, 2.24) is 14.8 Å². The topological polar surface area (TPSA) is 70.6 Å². The number of imide groups is 1. The van der Waals surface area contributed by atoms with Crippen LogP contribution in [-0.2, 0) is 0 Å². The number of nitrogens with zero attached hydrogens (tertiary/aromatic N) is 3. The third kappa shape index (κ3) is 2.71. The van der Waals surface area contributed by atoms with E-state index in [0.29, 0.717) is 11.1 Å². The molecule has 0 saturated heterocycles. The fourth-order valence-corrected chi connectivity index (χ4v) is 4.17. The fourth-order valence-electron chi connectivity index (χ4n) is 3.11. The molecule has 0 N–H and O–H groups in total. The van der Waals surface area contributed by atoms with Crippen LogP contribution in [0.2, 0.25) is 0 Å². The lowest BCUT2D eigenvalue weighted by Crippen LogP contribution is -2.29. The third-order valence-electron chi connectivity index (χ3n) is 4.91. The van der Waals surface area contributed by atoms with Gasteiger partial charge in [0, 0.05) is 19.7 Å². The highest BCUT2D eigenvalue weighted by molar-refractivity contribution is 7.18. The van der Waals surface area contributed by atoms with E-state index in [9.17, 15) is 14.4 Å². The van der Waals surface area contributed by atoms with Crippen LogP contribution in [0.15, 0.2) is 42.5 Å². The molecule has 0 fully saturated rings. The largest absolute Gasteiger partial charge is 0.333 e. The maximum atomic E-state index is 12.9. The molecule has 6 nitrogen and oxygen atoms in total. The van der Waals surface area contributed by atoms with E-state index >= 15 is 0 Å². The Bertz CT molecular complexity index is 1070. The minimum Gasteiger partial charge on any atom is -0.333 e. The van der Waals surface area contributed by atoms with Crippen molar-refractivity contribution in [2.45, 2.75) is 13.0 Å². The van der Waals surface area contributed by atoms with E-state index in [1.54, 1.807) is 35.4 Å². The van der Waals surface area contributed by atoms with E-state index in [2.05, 4.69) is 4.98 Å². The molecule has 2 heterocycles. The fraction of sp³-hybridized carbons (Fsp3) is 0.200. The van der Waals surface area contributed by atoms with Gasteiger partial charge < -0.3 is 4.90 Å². The number of rotatable bonds is 3. The minimum atomic E-state index is -0.383. The molecule has 0 saturated carbocycles. The molecule has 0 radical (unpaired) electrons. The van der Waals surface area contributed by atoms with Crippen molar-refractivity contribution >= 4 is 39.3 Å². The van der Waals surface area contributed by atoms with Gasteiger partial charge in [-0.25, -0.2) is 4.98 Å². The van der Waals surface area contributed by atoms with Crippen LogP contribution < -0.4 is 0 Å². The van der Waals surface area contributed by atoms with Gasteiger partial charge in [-0.05, 0) is 37.3 Å². The Balaban J connectivity index is 1.63. The number of carbonyl (C=O) groups is 3. The average Bonchev–Trinajstić information content (AvgIpc) is 3.22. The Hall–Kier alpha value is -3.06. The van der Waals surface area contributed by atoms with Crippen molar-refractivity contribution in [2.24, 2.45) is 0 Å². The first-order valence-corrected chi connectivity index (χ1v) is 9.29. The van der Waals surface area contributed by atoms with Gasteiger partial charge in [-0.2, -0.15) is 0 Å². The first kappa shape index (κ1) is 17.4. The molecule has 3 amide bonds. The lowest BCUT2D eigenvalue weighted by Gasteiger charge is -2.23. The Labute approximate surface area is 160 Å². The van der Waals surface area contributed by atoms with Crippen LogP contribution in [0, 0.1) is 0 Å². The lowest BCUT2D eigenvalue weighted by molar-refractivity contribution is 0.0692. The van der Waals surface area contributed by atoms with Crippen LogP contribution in [0.5, 0.6) is 0 Å². The van der Waals surface area contributed by atoms with Crippen molar-refractivity contribution in [2.75, 3.05) is 14.1 Å². The predicted molar refractivity (Wildman–Crippen MR) is 103 cm³/mol. The summed E-state index contributed by atoms with van der Waals surface area (Å²) in [5.74, 6) is -0.948. The van der Waals surface area contributed by atoms with Crippen molar-refractivity contribution in [3.8, 4) is 0 Å². The van der Waals surface area contributed by atoms with Gasteiger partial charge in [0.2, 0.25) is 0 Å². The van der Waals surface area contributed by atoms with Gasteiger partial charge in [-0.15, -0.1) is 11.3 Å². The summed E-state index contributed by atoms with van der Waals surface area (Å²) in [4.78, 5) is 44.4. The molecular formula is C20H17N3O3S. The smallest absolute Gasteiger partial charge is 0.261 e. The van der Waals surface area contributed by atoms with E-state index < -0.39 is 0 Å². The zero-order valence-electron chi connectivity index (χ0n) is 15.1. The number of para-hydroxylation sites is 1. The summed E-state index contributed by atoms with van der Waals surface area (Å²) in [6.07, 6.45) is 0. The van der Waals surface area contributed by atoms with Crippen LogP contribution in [-0.4, -0.2) is 46.6 Å². The Morgan fingerprint density at radius 3 is 2.56 bits per heavy atom. The highest BCUT2D eigenvalue weighted by Crippen LogP contribution is 2.30. The van der Waals surface area contributed by atoms with E-state index in [1.165, 1.54) is 13.1 Å². The molecule has 2 aromatic carbocycles. The maximum absolute atomic E-state index is 12.9. The average molecular weight is 379 g/mol. The summed E-state index contributed by atoms with van der Waals surface area (Å²) in [6.45, 7) is 1.92. The predicted octanol–water partition coefficient (Wildman–Crippen LogP) is 3.36. The second-order valence-corrected chi connectivity index (χ2v) is 7.60. The van der Waals surface area contributed by atoms with Crippen LogP contribution in [0.1, 0.15) is 49.0 Å². The Morgan fingerprint density at radius 2 is 1.81 bits per heavy atom. The molecule has 1 unspecified atom stereocenters. The van der Waals surface area contributed by atoms with Gasteiger partial charge >= 0.3 is 0 Å². The molecule has 0 aliphatic carbocycles. The molecule has 27 heavy (non-hydrogen) atoms. The number of fused-ring (bicyclic) bond motifs is 2. The molecule has 1 atom stereocenters. The number of hydrogen-bond donors (Lipinski definition) is 0. The minimum absolute atomic E-state index is 0.219. The first-order chi connectivity index (χ1) is 12.9. The molecule has 0 bridgehead atoms. The quantitative estimate of drug-likeness (QED) is 0.655. The molecule has 136 valence electrons. The van der Waals surface area contributed by atoms with E-state index in [1.807, 2.05) is 31.2 Å². The van der Waals surface area contributed by atoms with Crippen LogP contribution in [0.4, 0.5) is 0 Å². The number of carbonyl (C=O) groups excluding carboxylic acids is 3. The van der Waals surface area contributed by atoms with Gasteiger partial charge in [-0.3, -0.25) is 19.3 Å². The SMILES string of the molecule is CC(c1nc2ccccc2s1)N(C)C(=O)c1ccc2c(c1)C(=O)N(C)C2=O. The molecule has 0 spiro atoms. The molecule has 3 aromatic rings. The van der Waals surface area contributed by atoms with E-state index in [-0.39, 0.29) is 29.3 Å². The summed E-state index contributed by atoms with van der Waals surface area (Å²) in [5.41, 5.74) is 1.89. The summed E-state index contributed by atoms with van der Waals surface area (Å²) in [7, 11) is 3.15. The standard InChI is InChI=1S/C20H17N3O3S/c1-11(17-21-15-6-4-5-7-16(15)27-17)22(2)18(24)12-8-9-13-14(10-12)20(26)23(3)19(13)25/h4-11H,1-3H3. The summed E-state index contributed by atoms with van der Waals surface area (Å²) < 4.78 is 1.07. The number of amides is 3. The van der Waals surface area contributed by atoms with E-state index in [0.717, 1.165) is 20.1 Å². The maximum Gasteiger partial charge on any atom is 0.261 e. The van der Waals surface area contributed by atoms with E-state index in [4.69, 9.17) is 0 Å². The second-order valence-electron chi connectivity index (χ2n) is 6.54. The summed E-state index contributed by atoms with van der Waals surface area (Å²) in [5, 5.41) is 0.846. The molecule has 1 aromatic heterocycles. The Kier molecular flexibility index (Phi) is 4.04. The number of hydrogen-bond acceptors (Lipinski definition) is 5. The summed E-state index contributed by atoms with van der Waals surface area (Å²) in [6, 6.07) is 12.3. The number of benzene rings is 2. The van der Waals surface area contributed by atoms with Gasteiger partial charge in [0.15, 0.2) is 0 Å². The van der Waals surface area contributed by atoms with Gasteiger partial charge in [0.1, 0.15) is 5.01 Å². The summed E-state index contributed by atoms with van der Waals surface area (Å²) >= 11 is 1.56. The molecule has 1 aliphatic rings. The highest BCUT2D eigenvalue weighted by atomic mass is 32.1. The normalized spacial score (nSPS) is 14.6. The zero-order valence-corrected chi connectivity index (χ0v) is 15.9. The van der Waals surface area contributed by atoms with Crippen molar-refractivity contribution in [3.63, 3.8) is 0 Å². The lowest BCUT2D eigenvalue weighted by atomic mass is 10.0. The van der Waals surface area contributed by atoms with Crippen LogP contribution in [0.25, 0.3) is 10.2 Å². The number of aromatic nitrogens is 1. The van der Waals surface area contributed by atoms with Crippen LogP contribution in [0.3, 0.4) is 0 Å². The van der Waals surface area contributed by atoms with Gasteiger partial charge in [0.25, 0.3) is 17.7 Å². The van der Waals surface area contributed by atoms with Gasteiger partial charge in [-0.1, -0.05) is 12.1 Å². The molecular weight excluding hydrogens is 362 g/mol. The molecule has 4 rings (SSSR count). The zero-order chi connectivity index (χ0) is 19.3. The monoisotopic (exact) mass is 379 g/mol. The highest BCUT2D eigenvalue weighted by Gasteiger charge is 2.33. The van der Waals surface area contributed by atoms with Gasteiger partial charge in [0.05, 0.1) is 27.4 Å². The number of thiazole rings is 1. The third-order valence-corrected chi connectivity index (χ3v) is 6.11. The first-order valence-electron chi connectivity index (χ1n) is 8.47. The molecule has 1 aliphatic heterocycles. The molecule has 7 heteroatoms. The van der Waals surface area contributed by atoms with Crippen LogP contribution >= 0.6 is 11.3 Å². The van der Waals surface area contributed by atoms with Crippen molar-refractivity contribution in [1.29, 1.82) is 0 Å². The second kappa shape index (κ2) is 6.28. The van der Waals surface area contributed by atoms with Crippen molar-refractivity contribution < 1.29 is 14.4 Å².